The zero-order valence-electron chi connectivity index (χ0n) is 15.3. The Balaban J connectivity index is 0.000000782. The van der Waals surface area contributed by atoms with Crippen LogP contribution < -0.4 is 11.5 Å². The molecule has 1 saturated carbocycles. The molecule has 30 heavy (non-hydrogen) atoms. The van der Waals surface area contributed by atoms with Crippen molar-refractivity contribution in [1.29, 1.82) is 0 Å². The zero-order valence-corrected chi connectivity index (χ0v) is 17.6. The van der Waals surface area contributed by atoms with Crippen LogP contribution in [0, 0.1) is 0 Å². The fourth-order valence-electron chi connectivity index (χ4n) is 2.87. The van der Waals surface area contributed by atoms with Crippen molar-refractivity contribution in [2.45, 2.75) is 37.8 Å². The van der Waals surface area contributed by atoms with Crippen LogP contribution in [-0.4, -0.2) is 67.5 Å². The number of hydrogen-bond donors (Lipinski definition) is 7. The summed E-state index contributed by atoms with van der Waals surface area (Å²) in [5.74, 6) is -9.91. The molecule has 1 fully saturated rings. The maximum Gasteiger partial charge on any atom is 2.00 e. The van der Waals surface area contributed by atoms with Crippen LogP contribution in [0.5, 0.6) is 0 Å². The molecule has 2 atom stereocenters. The van der Waals surface area contributed by atoms with E-state index in [9.17, 15) is 24.0 Å². The molecule has 1 aromatic rings. The SMILES string of the molecule is NC1CCCCC1N.O=C(O)c1cc(C(=O)O)c(C(=O)O)c(C(=O)O)c1C(=O)O.[Pt+2]. The number of benzene rings is 1. The van der Waals surface area contributed by atoms with Gasteiger partial charge in [0.25, 0.3) is 0 Å². The second kappa shape index (κ2) is 11.4. The third-order valence-corrected chi connectivity index (χ3v) is 4.30. The van der Waals surface area contributed by atoms with Crippen molar-refractivity contribution in [3.63, 3.8) is 0 Å². The van der Waals surface area contributed by atoms with Crippen LogP contribution in [0.2, 0.25) is 0 Å². The number of rotatable bonds is 5. The Morgan fingerprint density at radius 2 is 0.933 bits per heavy atom. The average Bonchev–Trinajstić information content (AvgIpc) is 2.62. The summed E-state index contributed by atoms with van der Waals surface area (Å²) < 4.78 is 0. The minimum atomic E-state index is -2.07. The van der Waals surface area contributed by atoms with Crippen molar-refractivity contribution in [3.05, 3.63) is 33.9 Å². The smallest absolute Gasteiger partial charge is 0.478 e. The number of aromatic carboxylic acids is 5. The Morgan fingerprint density at radius 1 is 0.633 bits per heavy atom. The van der Waals surface area contributed by atoms with E-state index in [4.69, 9.17) is 37.0 Å². The van der Waals surface area contributed by atoms with Crippen molar-refractivity contribution in [3.8, 4) is 0 Å². The van der Waals surface area contributed by atoms with E-state index >= 15 is 0 Å². The van der Waals surface area contributed by atoms with Gasteiger partial charge in [-0.25, -0.2) is 24.0 Å². The van der Waals surface area contributed by atoms with E-state index in [0.29, 0.717) is 6.07 Å². The molecule has 12 nitrogen and oxygen atoms in total. The Hall–Kier alpha value is -2.82. The largest absolute Gasteiger partial charge is 2.00 e. The second-order valence-corrected chi connectivity index (χ2v) is 6.23. The van der Waals surface area contributed by atoms with E-state index < -0.39 is 57.7 Å². The van der Waals surface area contributed by atoms with E-state index in [1.54, 1.807) is 0 Å². The van der Waals surface area contributed by atoms with Gasteiger partial charge in [0.15, 0.2) is 0 Å². The van der Waals surface area contributed by atoms with E-state index in [0.717, 1.165) is 12.8 Å². The quantitative estimate of drug-likeness (QED) is 0.241. The van der Waals surface area contributed by atoms with Gasteiger partial charge < -0.3 is 37.0 Å². The van der Waals surface area contributed by atoms with Gasteiger partial charge >= 0.3 is 50.9 Å². The standard InChI is InChI=1S/C11H6O10.C6H14N2.Pt/c12-7(13)2-1-3(8(14)15)5(10(18)19)6(11(20)21)4(2)9(16)17;7-5-3-1-2-4-6(5)8;/h1H,(H,12,13)(H,14,15)(H,16,17)(H,18,19)(H,20,21);5-6H,1-4,7-8H2;/q;;+2. The van der Waals surface area contributed by atoms with Crippen molar-refractivity contribution in [2.24, 2.45) is 11.5 Å². The van der Waals surface area contributed by atoms with Crippen LogP contribution in [0.4, 0.5) is 0 Å². The Labute approximate surface area is 183 Å². The minimum absolute atomic E-state index is 0. The van der Waals surface area contributed by atoms with Crippen molar-refractivity contribution in [2.75, 3.05) is 0 Å². The monoisotopic (exact) mass is 607 g/mol. The molecule has 0 bridgehead atoms. The topological polar surface area (TPSA) is 239 Å². The van der Waals surface area contributed by atoms with E-state index in [1.165, 1.54) is 12.8 Å². The molecule has 0 saturated heterocycles. The molecule has 0 radical (unpaired) electrons. The van der Waals surface area contributed by atoms with Gasteiger partial charge in [-0.1, -0.05) is 12.8 Å². The first-order chi connectivity index (χ1) is 13.4. The van der Waals surface area contributed by atoms with Gasteiger partial charge in [-0.2, -0.15) is 0 Å². The molecule has 0 amide bonds. The molecular weight excluding hydrogens is 587 g/mol. The molecule has 0 aromatic heterocycles. The number of carboxylic acid groups (broad SMARTS) is 5. The maximum absolute atomic E-state index is 11.1. The van der Waals surface area contributed by atoms with Gasteiger partial charge in [0.2, 0.25) is 0 Å². The summed E-state index contributed by atoms with van der Waals surface area (Å²) in [4.78, 5) is 55.1. The Kier molecular flexibility index (Phi) is 10.3. The summed E-state index contributed by atoms with van der Waals surface area (Å²) in [6.07, 6.45) is 4.80. The van der Waals surface area contributed by atoms with Crippen LogP contribution in [0.3, 0.4) is 0 Å². The molecule has 2 rings (SSSR count). The summed E-state index contributed by atoms with van der Waals surface area (Å²) in [7, 11) is 0. The minimum Gasteiger partial charge on any atom is -0.478 e. The van der Waals surface area contributed by atoms with Crippen LogP contribution in [0.25, 0.3) is 0 Å². The van der Waals surface area contributed by atoms with Gasteiger partial charge in [-0.3, -0.25) is 0 Å². The van der Waals surface area contributed by atoms with Crippen molar-refractivity contribution in [1.82, 2.24) is 0 Å². The average molecular weight is 607 g/mol. The predicted molar refractivity (Wildman–Crippen MR) is 95.7 cm³/mol. The molecule has 166 valence electrons. The number of carbonyl (C=O) groups is 5. The predicted octanol–water partition coefficient (Wildman–Crippen LogP) is 0.390. The molecule has 9 N–H and O–H groups in total. The Morgan fingerprint density at radius 3 is 1.13 bits per heavy atom. The zero-order chi connectivity index (χ0) is 22.5. The van der Waals surface area contributed by atoms with Gasteiger partial charge in [0, 0.05) is 12.1 Å². The fraction of sp³-hybridized carbons (Fsp3) is 0.353. The molecular formula is C17H20N2O10Pt+2. The van der Waals surface area contributed by atoms with E-state index in [1.807, 2.05) is 0 Å². The van der Waals surface area contributed by atoms with Gasteiger partial charge in [-0.15, -0.1) is 0 Å². The first-order valence-electron chi connectivity index (χ1n) is 8.28. The van der Waals surface area contributed by atoms with E-state index in [2.05, 4.69) is 0 Å². The third kappa shape index (κ3) is 6.34. The van der Waals surface area contributed by atoms with Crippen LogP contribution >= 0.6 is 0 Å². The first-order valence-corrected chi connectivity index (χ1v) is 8.28. The first kappa shape index (κ1) is 27.2. The van der Waals surface area contributed by atoms with E-state index in [-0.39, 0.29) is 33.1 Å². The normalized spacial score (nSPS) is 17.5. The molecule has 2 unspecified atom stereocenters. The van der Waals surface area contributed by atoms with Gasteiger partial charge in [0.05, 0.1) is 27.8 Å². The molecule has 0 spiro atoms. The summed E-state index contributed by atoms with van der Waals surface area (Å²) in [6, 6.07) is 0.858. The van der Waals surface area contributed by atoms with Crippen LogP contribution in [-0.2, 0) is 21.1 Å². The number of carboxylic acids is 5. The summed E-state index contributed by atoms with van der Waals surface area (Å²) in [5.41, 5.74) is 5.01. The Bertz CT molecular complexity index is 810. The van der Waals surface area contributed by atoms with Crippen LogP contribution in [0.1, 0.15) is 77.5 Å². The van der Waals surface area contributed by atoms with Crippen molar-refractivity contribution >= 4 is 29.8 Å². The van der Waals surface area contributed by atoms with Crippen LogP contribution in [0.15, 0.2) is 6.07 Å². The maximum atomic E-state index is 11.1. The fourth-order valence-corrected chi connectivity index (χ4v) is 2.87. The van der Waals surface area contributed by atoms with Gasteiger partial charge in [-0.05, 0) is 18.9 Å². The molecule has 0 heterocycles. The van der Waals surface area contributed by atoms with Crippen molar-refractivity contribution < 1.29 is 70.6 Å². The molecule has 1 aliphatic carbocycles. The summed E-state index contributed by atoms with van der Waals surface area (Å²) in [6.45, 7) is 0. The molecule has 1 aromatic carbocycles. The molecule has 1 aliphatic rings. The summed E-state index contributed by atoms with van der Waals surface area (Å²) in [5, 5.41) is 44.5. The second-order valence-electron chi connectivity index (χ2n) is 6.23. The summed E-state index contributed by atoms with van der Waals surface area (Å²) >= 11 is 0. The van der Waals surface area contributed by atoms with Gasteiger partial charge in [0.1, 0.15) is 0 Å². The third-order valence-electron chi connectivity index (χ3n) is 4.30. The molecule has 13 heteroatoms. The number of nitrogens with two attached hydrogens (primary N) is 2. The molecule has 0 aliphatic heterocycles. The number of hydrogen-bond acceptors (Lipinski definition) is 7.